The molecule has 0 aliphatic heterocycles. The Balaban J connectivity index is 2.25. The van der Waals surface area contributed by atoms with Crippen molar-refractivity contribution in [1.29, 1.82) is 0 Å². The van der Waals surface area contributed by atoms with Crippen LogP contribution in [0.1, 0.15) is 51.6 Å². The van der Waals surface area contributed by atoms with Crippen molar-refractivity contribution >= 4 is 10.0 Å². The lowest BCUT2D eigenvalue weighted by Crippen LogP contribution is -2.41. The molecule has 0 radical (unpaired) electrons. The van der Waals surface area contributed by atoms with Gasteiger partial charge in [-0.05, 0) is 42.9 Å². The van der Waals surface area contributed by atoms with Crippen LogP contribution >= 0.6 is 0 Å². The van der Waals surface area contributed by atoms with Crippen molar-refractivity contribution in [2.75, 3.05) is 0 Å². The summed E-state index contributed by atoms with van der Waals surface area (Å²) in [6, 6.07) is 6.71. The van der Waals surface area contributed by atoms with Gasteiger partial charge in [0, 0.05) is 12.1 Å². The van der Waals surface area contributed by atoms with Crippen molar-refractivity contribution in [3.8, 4) is 0 Å². The first kappa shape index (κ1) is 15.5. The second kappa shape index (κ2) is 5.47. The fraction of sp³-hybridized carbons (Fsp3) is 0.600. The quantitative estimate of drug-likeness (QED) is 0.897. The highest BCUT2D eigenvalue weighted by atomic mass is 32.2. The van der Waals surface area contributed by atoms with Crippen molar-refractivity contribution < 1.29 is 8.42 Å². The topological polar surface area (TPSA) is 72.2 Å². The van der Waals surface area contributed by atoms with E-state index < -0.39 is 10.0 Å². The summed E-state index contributed by atoms with van der Waals surface area (Å²) in [5.74, 6) is 0. The molecule has 3 N–H and O–H groups in total. The molecular weight excluding hydrogens is 272 g/mol. The molecule has 1 aromatic carbocycles. The van der Waals surface area contributed by atoms with Crippen LogP contribution in [0.15, 0.2) is 29.2 Å². The third-order valence-corrected chi connectivity index (χ3v) is 5.72. The number of nitrogens with one attached hydrogen (secondary N) is 1. The van der Waals surface area contributed by atoms with Gasteiger partial charge in [0.15, 0.2) is 0 Å². The smallest absolute Gasteiger partial charge is 0.240 e. The maximum atomic E-state index is 12.5. The highest BCUT2D eigenvalue weighted by Crippen LogP contribution is 2.37. The summed E-state index contributed by atoms with van der Waals surface area (Å²) < 4.78 is 27.9. The summed E-state index contributed by atoms with van der Waals surface area (Å²) in [6.07, 6.45) is 3.03. The number of sulfonamides is 1. The molecule has 4 nitrogen and oxygen atoms in total. The molecule has 1 fully saturated rings. The van der Waals surface area contributed by atoms with Crippen molar-refractivity contribution in [2.24, 2.45) is 11.1 Å². The van der Waals surface area contributed by atoms with Gasteiger partial charge in [0.1, 0.15) is 0 Å². The molecule has 2 unspecified atom stereocenters. The predicted octanol–water partition coefficient (Wildman–Crippen LogP) is 2.56. The van der Waals surface area contributed by atoms with E-state index >= 15 is 0 Å². The maximum absolute atomic E-state index is 12.5. The zero-order valence-corrected chi connectivity index (χ0v) is 13.2. The second-order valence-corrected chi connectivity index (χ2v) is 8.13. The molecule has 112 valence electrons. The van der Waals surface area contributed by atoms with Gasteiger partial charge in [-0.15, -0.1) is 0 Å². The van der Waals surface area contributed by atoms with E-state index in [0.29, 0.717) is 4.90 Å². The third kappa shape index (κ3) is 3.22. The van der Waals surface area contributed by atoms with E-state index in [1.807, 2.05) is 13.0 Å². The summed E-state index contributed by atoms with van der Waals surface area (Å²) >= 11 is 0. The van der Waals surface area contributed by atoms with Crippen LogP contribution in [0.25, 0.3) is 0 Å². The molecular formula is C15H24N2O2S. The molecule has 0 amide bonds. The van der Waals surface area contributed by atoms with E-state index in [1.54, 1.807) is 18.2 Å². The minimum absolute atomic E-state index is 0.00598. The molecule has 1 saturated carbocycles. The van der Waals surface area contributed by atoms with Gasteiger partial charge in [0.05, 0.1) is 4.90 Å². The SMILES string of the molecule is CC(N)c1cccc(S(=O)(=O)NC2CCCC2(C)C)c1. The Morgan fingerprint density at radius 1 is 1.40 bits per heavy atom. The predicted molar refractivity (Wildman–Crippen MR) is 80.8 cm³/mol. The molecule has 0 bridgehead atoms. The molecule has 20 heavy (non-hydrogen) atoms. The molecule has 1 aliphatic rings. The molecule has 0 spiro atoms. The largest absolute Gasteiger partial charge is 0.324 e. The van der Waals surface area contributed by atoms with E-state index in [2.05, 4.69) is 18.6 Å². The Hall–Kier alpha value is -0.910. The van der Waals surface area contributed by atoms with E-state index in [-0.39, 0.29) is 17.5 Å². The Bertz CT molecular complexity index is 579. The summed E-state index contributed by atoms with van der Waals surface area (Å²) in [7, 11) is -3.48. The lowest BCUT2D eigenvalue weighted by atomic mass is 9.88. The molecule has 1 aromatic rings. The zero-order valence-electron chi connectivity index (χ0n) is 12.4. The van der Waals surface area contributed by atoms with Crippen molar-refractivity contribution in [3.05, 3.63) is 29.8 Å². The Kier molecular flexibility index (Phi) is 4.23. The normalized spacial score (nSPS) is 23.7. The van der Waals surface area contributed by atoms with Gasteiger partial charge in [-0.3, -0.25) is 0 Å². The average molecular weight is 296 g/mol. The van der Waals surface area contributed by atoms with Crippen LogP contribution in [0.2, 0.25) is 0 Å². The average Bonchev–Trinajstić information content (AvgIpc) is 2.68. The van der Waals surface area contributed by atoms with Gasteiger partial charge in [-0.2, -0.15) is 0 Å². The second-order valence-electron chi connectivity index (χ2n) is 6.42. The Morgan fingerprint density at radius 3 is 2.65 bits per heavy atom. The Morgan fingerprint density at radius 2 is 2.10 bits per heavy atom. The Labute approximate surface area is 121 Å². The number of nitrogens with two attached hydrogens (primary N) is 1. The van der Waals surface area contributed by atoms with Crippen LogP contribution in [-0.2, 0) is 10.0 Å². The summed E-state index contributed by atoms with van der Waals surface area (Å²) in [4.78, 5) is 0.301. The first-order chi connectivity index (χ1) is 9.22. The molecule has 5 heteroatoms. The van der Waals surface area contributed by atoms with Gasteiger partial charge in [0.2, 0.25) is 10.0 Å². The van der Waals surface area contributed by atoms with Crippen LogP contribution < -0.4 is 10.5 Å². The molecule has 1 aliphatic carbocycles. The van der Waals surface area contributed by atoms with Gasteiger partial charge in [-0.1, -0.05) is 32.4 Å². The molecule has 0 saturated heterocycles. The van der Waals surface area contributed by atoms with E-state index in [9.17, 15) is 8.42 Å². The van der Waals surface area contributed by atoms with E-state index in [1.165, 1.54) is 0 Å². The van der Waals surface area contributed by atoms with Gasteiger partial charge < -0.3 is 5.73 Å². The first-order valence-corrected chi connectivity index (χ1v) is 8.58. The van der Waals surface area contributed by atoms with Crippen LogP contribution in [0.3, 0.4) is 0 Å². The van der Waals surface area contributed by atoms with Crippen LogP contribution in [0.4, 0.5) is 0 Å². The molecule has 0 aromatic heterocycles. The highest BCUT2D eigenvalue weighted by molar-refractivity contribution is 7.89. The molecule has 2 atom stereocenters. The maximum Gasteiger partial charge on any atom is 0.240 e. The minimum atomic E-state index is -3.48. The number of hydrogen-bond acceptors (Lipinski definition) is 3. The number of benzene rings is 1. The molecule has 0 heterocycles. The van der Waals surface area contributed by atoms with Crippen LogP contribution in [-0.4, -0.2) is 14.5 Å². The van der Waals surface area contributed by atoms with Gasteiger partial charge in [0.25, 0.3) is 0 Å². The van der Waals surface area contributed by atoms with Gasteiger partial charge in [-0.25, -0.2) is 13.1 Å². The number of rotatable bonds is 4. The third-order valence-electron chi connectivity index (χ3n) is 4.25. The monoisotopic (exact) mass is 296 g/mol. The lowest BCUT2D eigenvalue weighted by Gasteiger charge is -2.27. The van der Waals surface area contributed by atoms with Crippen molar-refractivity contribution in [1.82, 2.24) is 4.72 Å². The van der Waals surface area contributed by atoms with Crippen LogP contribution in [0.5, 0.6) is 0 Å². The first-order valence-electron chi connectivity index (χ1n) is 7.10. The summed E-state index contributed by atoms with van der Waals surface area (Å²) in [6.45, 7) is 6.08. The fourth-order valence-corrected chi connectivity index (χ4v) is 4.26. The zero-order chi connectivity index (χ0) is 15.0. The van der Waals surface area contributed by atoms with Gasteiger partial charge >= 0.3 is 0 Å². The molecule has 2 rings (SSSR count). The van der Waals surface area contributed by atoms with E-state index in [0.717, 1.165) is 24.8 Å². The number of hydrogen-bond donors (Lipinski definition) is 2. The standard InChI is InChI=1S/C15H24N2O2S/c1-11(16)12-6-4-7-13(10-12)20(18,19)17-14-8-5-9-15(14,2)3/h4,6-7,10-11,14,17H,5,8-9,16H2,1-3H3. The fourth-order valence-electron chi connectivity index (χ4n) is 2.77. The van der Waals surface area contributed by atoms with E-state index in [4.69, 9.17) is 5.73 Å². The van der Waals surface area contributed by atoms with Crippen molar-refractivity contribution in [3.63, 3.8) is 0 Å². The van der Waals surface area contributed by atoms with Crippen molar-refractivity contribution in [2.45, 2.75) is 57.0 Å². The highest BCUT2D eigenvalue weighted by Gasteiger charge is 2.37. The van der Waals surface area contributed by atoms with Crippen LogP contribution in [0, 0.1) is 5.41 Å². The lowest BCUT2D eigenvalue weighted by molar-refractivity contribution is 0.313. The summed E-state index contributed by atoms with van der Waals surface area (Å²) in [5, 5.41) is 0. The summed E-state index contributed by atoms with van der Waals surface area (Å²) in [5.41, 5.74) is 6.67. The minimum Gasteiger partial charge on any atom is -0.324 e.